The number of amides is 1. The minimum atomic E-state index is -3.70. The Hall–Kier alpha value is -1.91. The van der Waals surface area contributed by atoms with Gasteiger partial charge >= 0.3 is 0 Å². The van der Waals surface area contributed by atoms with Gasteiger partial charge in [-0.25, -0.2) is 13.1 Å². The van der Waals surface area contributed by atoms with Crippen molar-refractivity contribution in [2.24, 2.45) is 0 Å². The van der Waals surface area contributed by atoms with E-state index < -0.39 is 15.9 Å². The fourth-order valence-corrected chi connectivity index (χ4v) is 2.03. The third kappa shape index (κ3) is 4.16. The number of rotatable bonds is 5. The molecule has 18 heavy (non-hydrogen) atoms. The number of nitrogens with one attached hydrogen (secondary N) is 1. The highest BCUT2D eigenvalue weighted by atomic mass is 32.2. The molecule has 7 heteroatoms. The molecule has 0 heterocycles. The van der Waals surface area contributed by atoms with Crippen LogP contribution in [-0.4, -0.2) is 33.8 Å². The Morgan fingerprint density at radius 2 is 2.00 bits per heavy atom. The van der Waals surface area contributed by atoms with E-state index in [9.17, 15) is 13.2 Å². The van der Waals surface area contributed by atoms with Crippen LogP contribution in [0.5, 0.6) is 0 Å². The van der Waals surface area contributed by atoms with Crippen molar-refractivity contribution in [2.45, 2.75) is 0 Å². The molecule has 6 nitrogen and oxygen atoms in total. The first-order valence-corrected chi connectivity index (χ1v) is 6.67. The van der Waals surface area contributed by atoms with Crippen molar-refractivity contribution in [3.63, 3.8) is 0 Å². The van der Waals surface area contributed by atoms with Crippen molar-refractivity contribution in [1.29, 1.82) is 5.26 Å². The smallest absolute Gasteiger partial charge is 0.264 e. The number of carbonyl (C=O) groups excluding carboxylic acids is 1. The summed E-state index contributed by atoms with van der Waals surface area (Å²) in [6, 6.07) is 7.56. The highest BCUT2D eigenvalue weighted by molar-refractivity contribution is 7.90. The van der Waals surface area contributed by atoms with Gasteiger partial charge in [0.25, 0.3) is 5.91 Å². The molecule has 1 N–H and O–H groups in total. The number of sulfonamides is 1. The van der Waals surface area contributed by atoms with E-state index in [-0.39, 0.29) is 17.9 Å². The molecule has 1 rings (SSSR count). The lowest BCUT2D eigenvalue weighted by Gasteiger charge is -2.06. The van der Waals surface area contributed by atoms with Crippen LogP contribution in [0.4, 0.5) is 0 Å². The van der Waals surface area contributed by atoms with Crippen LogP contribution in [0.15, 0.2) is 24.3 Å². The van der Waals surface area contributed by atoms with Crippen LogP contribution in [-0.2, 0) is 14.8 Å². The molecule has 0 aromatic heterocycles. The van der Waals surface area contributed by atoms with Gasteiger partial charge in [-0.1, -0.05) is 0 Å². The molecule has 0 aliphatic carbocycles. The van der Waals surface area contributed by atoms with Crippen molar-refractivity contribution in [3.05, 3.63) is 35.4 Å². The van der Waals surface area contributed by atoms with E-state index in [0.29, 0.717) is 5.56 Å². The van der Waals surface area contributed by atoms with Gasteiger partial charge in [0, 0.05) is 12.7 Å². The van der Waals surface area contributed by atoms with Crippen molar-refractivity contribution < 1.29 is 17.9 Å². The van der Waals surface area contributed by atoms with Crippen LogP contribution in [0.25, 0.3) is 0 Å². The number of ether oxygens (including phenoxy) is 1. The van der Waals surface area contributed by atoms with E-state index in [1.165, 1.54) is 31.4 Å². The molecule has 0 aliphatic heterocycles. The second-order valence-corrected chi connectivity index (χ2v) is 5.27. The average Bonchev–Trinajstić information content (AvgIpc) is 2.36. The molecule has 0 spiro atoms. The van der Waals surface area contributed by atoms with E-state index in [1.54, 1.807) is 0 Å². The summed E-state index contributed by atoms with van der Waals surface area (Å²) >= 11 is 0. The summed E-state index contributed by atoms with van der Waals surface area (Å²) in [5.74, 6) is -1.01. The molecule has 0 unspecified atom stereocenters. The molecule has 0 saturated carbocycles. The summed E-state index contributed by atoms with van der Waals surface area (Å²) in [5.41, 5.74) is 0.573. The third-order valence-electron chi connectivity index (χ3n) is 2.08. The first-order chi connectivity index (χ1) is 8.48. The Bertz CT molecular complexity index is 558. The van der Waals surface area contributed by atoms with Gasteiger partial charge in [0.1, 0.15) is 0 Å². The van der Waals surface area contributed by atoms with Crippen LogP contribution < -0.4 is 4.72 Å². The summed E-state index contributed by atoms with van der Waals surface area (Å²) in [5, 5.41) is 8.59. The zero-order chi connectivity index (χ0) is 13.6. The zero-order valence-corrected chi connectivity index (χ0v) is 10.5. The van der Waals surface area contributed by atoms with Gasteiger partial charge in [-0.2, -0.15) is 5.26 Å². The Kier molecular flexibility index (Phi) is 4.83. The fourth-order valence-electron chi connectivity index (χ4n) is 1.14. The molecule has 96 valence electrons. The van der Waals surface area contributed by atoms with E-state index in [0.717, 1.165) is 0 Å². The maximum atomic E-state index is 11.6. The normalized spacial score (nSPS) is 10.7. The summed E-state index contributed by atoms with van der Waals surface area (Å²) in [7, 11) is -2.32. The largest absolute Gasteiger partial charge is 0.384 e. The third-order valence-corrected chi connectivity index (χ3v) is 3.28. The Morgan fingerprint density at radius 1 is 1.39 bits per heavy atom. The number of nitriles is 1. The van der Waals surface area contributed by atoms with Crippen molar-refractivity contribution in [1.82, 2.24) is 4.72 Å². The zero-order valence-electron chi connectivity index (χ0n) is 9.71. The van der Waals surface area contributed by atoms with E-state index in [4.69, 9.17) is 5.26 Å². The lowest BCUT2D eigenvalue weighted by Crippen LogP contribution is -2.33. The number of methoxy groups -OCH3 is 1. The van der Waals surface area contributed by atoms with Crippen LogP contribution in [0.3, 0.4) is 0 Å². The van der Waals surface area contributed by atoms with Gasteiger partial charge < -0.3 is 4.74 Å². The van der Waals surface area contributed by atoms with Gasteiger partial charge in [-0.15, -0.1) is 0 Å². The van der Waals surface area contributed by atoms with E-state index in [1.807, 2.05) is 10.8 Å². The molecule has 0 saturated heterocycles. The van der Waals surface area contributed by atoms with Gasteiger partial charge in [-0.05, 0) is 24.3 Å². The molecule has 1 amide bonds. The van der Waals surface area contributed by atoms with Gasteiger partial charge in [0.05, 0.1) is 24.0 Å². The summed E-state index contributed by atoms with van der Waals surface area (Å²) in [6.07, 6.45) is 0. The average molecular weight is 268 g/mol. The number of hydrogen-bond donors (Lipinski definition) is 1. The Morgan fingerprint density at radius 3 is 2.50 bits per heavy atom. The van der Waals surface area contributed by atoms with Crippen LogP contribution in [0.2, 0.25) is 0 Å². The molecule has 0 bridgehead atoms. The SMILES string of the molecule is COCCS(=O)(=O)NC(=O)c1ccc(C#N)cc1. The highest BCUT2D eigenvalue weighted by Crippen LogP contribution is 2.03. The minimum Gasteiger partial charge on any atom is -0.384 e. The van der Waals surface area contributed by atoms with Gasteiger partial charge in [0.15, 0.2) is 0 Å². The Labute approximate surface area is 105 Å². The molecule has 1 aromatic carbocycles. The quantitative estimate of drug-likeness (QED) is 0.826. The maximum Gasteiger partial charge on any atom is 0.264 e. The van der Waals surface area contributed by atoms with Crippen LogP contribution >= 0.6 is 0 Å². The number of hydrogen-bond acceptors (Lipinski definition) is 5. The molecular formula is C11H12N2O4S. The predicted octanol–water partition coefficient (Wildman–Crippen LogP) is 0.264. The maximum absolute atomic E-state index is 11.6. The first-order valence-electron chi connectivity index (χ1n) is 5.02. The fraction of sp³-hybridized carbons (Fsp3) is 0.273. The first kappa shape index (κ1) is 14.2. The number of nitrogens with zero attached hydrogens (tertiary/aromatic N) is 1. The number of carbonyl (C=O) groups is 1. The van der Waals surface area contributed by atoms with Crippen molar-refractivity contribution >= 4 is 15.9 Å². The summed E-state index contributed by atoms with van der Waals surface area (Å²) < 4.78 is 29.4. The molecular weight excluding hydrogens is 256 g/mol. The van der Waals surface area contributed by atoms with Crippen LogP contribution in [0, 0.1) is 11.3 Å². The Balaban J connectivity index is 2.73. The second kappa shape index (κ2) is 6.14. The summed E-state index contributed by atoms with van der Waals surface area (Å²) in [4.78, 5) is 11.6. The summed E-state index contributed by atoms with van der Waals surface area (Å²) in [6.45, 7) is 0.00990. The lowest BCUT2D eigenvalue weighted by molar-refractivity contribution is 0.0981. The standard InChI is InChI=1S/C11H12N2O4S/c1-17-6-7-18(15,16)13-11(14)10-4-2-9(8-12)3-5-10/h2-5H,6-7H2,1H3,(H,13,14). The monoisotopic (exact) mass is 268 g/mol. The topological polar surface area (TPSA) is 96.3 Å². The van der Waals surface area contributed by atoms with Gasteiger partial charge in [-0.3, -0.25) is 4.79 Å². The predicted molar refractivity (Wildman–Crippen MR) is 64.3 cm³/mol. The van der Waals surface area contributed by atoms with E-state index in [2.05, 4.69) is 4.74 Å². The number of benzene rings is 1. The lowest BCUT2D eigenvalue weighted by atomic mass is 10.1. The highest BCUT2D eigenvalue weighted by Gasteiger charge is 2.15. The molecule has 0 aliphatic rings. The van der Waals surface area contributed by atoms with Crippen molar-refractivity contribution in [3.8, 4) is 6.07 Å². The molecule has 1 aromatic rings. The molecule has 0 atom stereocenters. The van der Waals surface area contributed by atoms with Gasteiger partial charge in [0.2, 0.25) is 10.0 Å². The molecule has 0 fully saturated rings. The minimum absolute atomic E-state index is 0.00990. The van der Waals surface area contributed by atoms with Crippen LogP contribution in [0.1, 0.15) is 15.9 Å². The van der Waals surface area contributed by atoms with Crippen molar-refractivity contribution in [2.75, 3.05) is 19.5 Å². The molecule has 0 radical (unpaired) electrons. The second-order valence-electron chi connectivity index (χ2n) is 3.43. The van der Waals surface area contributed by atoms with E-state index >= 15 is 0 Å².